The van der Waals surface area contributed by atoms with Crippen molar-refractivity contribution in [3.63, 3.8) is 0 Å². The van der Waals surface area contributed by atoms with Crippen molar-refractivity contribution in [1.82, 2.24) is 18.7 Å². The van der Waals surface area contributed by atoms with Crippen LogP contribution in [-0.4, -0.2) is 31.5 Å². The molecule has 1 N–H and O–H groups in total. The van der Waals surface area contributed by atoms with Crippen LogP contribution in [0.25, 0.3) is 11.2 Å². The third-order valence-corrected chi connectivity index (χ3v) is 6.43. The first-order valence-corrected chi connectivity index (χ1v) is 12.2. The zero-order valence-corrected chi connectivity index (χ0v) is 21.5. The number of anilines is 1. The lowest BCUT2D eigenvalue weighted by atomic mass is 10.1. The molecule has 0 aliphatic heterocycles. The Labute approximate surface area is 219 Å². The van der Waals surface area contributed by atoms with E-state index in [0.717, 1.165) is 28.2 Å². The Balaban J connectivity index is 1.62. The van der Waals surface area contributed by atoms with E-state index in [9.17, 15) is 9.59 Å². The van der Waals surface area contributed by atoms with Gasteiger partial charge in [-0.25, -0.2) is 10.2 Å². The maximum absolute atomic E-state index is 13.8. The monoisotopic (exact) mass is 508 g/mol. The molecule has 0 bridgehead atoms. The van der Waals surface area contributed by atoms with Gasteiger partial charge < -0.3 is 4.74 Å². The van der Waals surface area contributed by atoms with Crippen molar-refractivity contribution in [3.8, 4) is 5.75 Å². The number of methoxy groups -OCH3 is 1. The second kappa shape index (κ2) is 10.6. The second-order valence-electron chi connectivity index (χ2n) is 8.94. The van der Waals surface area contributed by atoms with Gasteiger partial charge in [-0.2, -0.15) is 10.1 Å². The van der Waals surface area contributed by atoms with Crippen LogP contribution in [0, 0.1) is 0 Å². The van der Waals surface area contributed by atoms with Gasteiger partial charge in [0.15, 0.2) is 11.2 Å². The standard InChI is InChI=1S/C29H28N6O3/c1-20(23-14-16-24(38-3)17-15-23)31-32-28-30-26-25(34(28)18-21-10-6-4-7-11-21)27(36)35(29(37)33(26)2)19-22-12-8-5-9-13-22/h4-17H,18-19H2,1-3H3,(H,30,32)/b31-20+. The fourth-order valence-electron chi connectivity index (χ4n) is 4.31. The van der Waals surface area contributed by atoms with Crippen molar-refractivity contribution in [1.29, 1.82) is 0 Å². The molecule has 0 spiro atoms. The summed E-state index contributed by atoms with van der Waals surface area (Å²) in [4.78, 5) is 31.6. The molecule has 9 nitrogen and oxygen atoms in total. The van der Waals surface area contributed by atoms with Crippen LogP contribution >= 0.6 is 0 Å². The van der Waals surface area contributed by atoms with Crippen LogP contribution in [0.2, 0.25) is 0 Å². The van der Waals surface area contributed by atoms with Crippen molar-refractivity contribution in [2.75, 3.05) is 12.5 Å². The highest BCUT2D eigenvalue weighted by Crippen LogP contribution is 2.19. The number of rotatable bonds is 8. The number of hydrogen-bond acceptors (Lipinski definition) is 6. The maximum Gasteiger partial charge on any atom is 0.332 e. The first-order valence-electron chi connectivity index (χ1n) is 12.2. The highest BCUT2D eigenvalue weighted by Gasteiger charge is 2.21. The van der Waals surface area contributed by atoms with E-state index in [1.807, 2.05) is 91.9 Å². The average molecular weight is 509 g/mol. The van der Waals surface area contributed by atoms with Crippen LogP contribution < -0.4 is 21.4 Å². The van der Waals surface area contributed by atoms with Crippen LogP contribution in [0.4, 0.5) is 5.95 Å². The molecule has 5 aromatic rings. The predicted octanol–water partition coefficient (Wildman–Crippen LogP) is 3.84. The van der Waals surface area contributed by atoms with Gasteiger partial charge in [-0.15, -0.1) is 0 Å². The van der Waals surface area contributed by atoms with Crippen LogP contribution in [0.3, 0.4) is 0 Å². The van der Waals surface area contributed by atoms with E-state index in [2.05, 4.69) is 15.5 Å². The zero-order chi connectivity index (χ0) is 26.6. The molecular weight excluding hydrogens is 480 g/mol. The summed E-state index contributed by atoms with van der Waals surface area (Å²) < 4.78 is 9.67. The minimum absolute atomic E-state index is 0.163. The number of fused-ring (bicyclic) bond motifs is 1. The van der Waals surface area contributed by atoms with E-state index >= 15 is 0 Å². The van der Waals surface area contributed by atoms with Gasteiger partial charge in [-0.05, 0) is 47.9 Å². The molecule has 9 heteroatoms. The van der Waals surface area contributed by atoms with Gasteiger partial charge in [0.1, 0.15) is 5.75 Å². The normalized spacial score (nSPS) is 11.6. The Morgan fingerprint density at radius 3 is 2.03 bits per heavy atom. The number of hydrogen-bond donors (Lipinski definition) is 1. The van der Waals surface area contributed by atoms with Crippen molar-refractivity contribution < 1.29 is 4.74 Å². The SMILES string of the molecule is COc1ccc(/C(C)=N/Nc2nc3c(c(=O)n(Cc4ccccc4)c(=O)n3C)n2Cc2ccccc2)cc1. The highest BCUT2D eigenvalue weighted by atomic mass is 16.5. The van der Waals surface area contributed by atoms with Crippen LogP contribution in [0.5, 0.6) is 5.75 Å². The molecule has 0 aliphatic rings. The smallest absolute Gasteiger partial charge is 0.332 e. The van der Waals surface area contributed by atoms with E-state index in [4.69, 9.17) is 4.74 Å². The average Bonchev–Trinajstić information content (AvgIpc) is 3.32. The molecule has 0 fully saturated rings. The number of imidazole rings is 1. The summed E-state index contributed by atoms with van der Waals surface area (Å²) in [6.07, 6.45) is 0. The lowest BCUT2D eigenvalue weighted by Crippen LogP contribution is -2.40. The van der Waals surface area contributed by atoms with Gasteiger partial charge in [0.25, 0.3) is 5.56 Å². The predicted molar refractivity (Wildman–Crippen MR) is 149 cm³/mol. The van der Waals surface area contributed by atoms with Crippen molar-refractivity contribution >= 4 is 22.8 Å². The summed E-state index contributed by atoms with van der Waals surface area (Å²) in [5.74, 6) is 1.12. The van der Waals surface area contributed by atoms with Gasteiger partial charge in [0.2, 0.25) is 5.95 Å². The summed E-state index contributed by atoms with van der Waals surface area (Å²) in [6, 6.07) is 26.8. The first kappa shape index (κ1) is 24.8. The maximum atomic E-state index is 13.8. The Morgan fingerprint density at radius 1 is 0.868 bits per heavy atom. The van der Waals surface area contributed by atoms with E-state index < -0.39 is 11.2 Å². The molecule has 5 rings (SSSR count). The third-order valence-electron chi connectivity index (χ3n) is 6.43. The van der Waals surface area contributed by atoms with E-state index in [-0.39, 0.29) is 6.54 Å². The minimum Gasteiger partial charge on any atom is -0.497 e. The molecule has 38 heavy (non-hydrogen) atoms. The molecule has 0 aliphatic carbocycles. The zero-order valence-electron chi connectivity index (χ0n) is 21.5. The van der Waals surface area contributed by atoms with Gasteiger partial charge >= 0.3 is 5.69 Å². The van der Waals surface area contributed by atoms with Gasteiger partial charge in [-0.1, -0.05) is 60.7 Å². The van der Waals surface area contributed by atoms with E-state index in [0.29, 0.717) is 23.7 Å². The van der Waals surface area contributed by atoms with Crippen molar-refractivity contribution in [2.24, 2.45) is 12.1 Å². The number of ether oxygens (including phenoxy) is 1. The molecule has 2 heterocycles. The first-order chi connectivity index (χ1) is 18.5. The number of nitrogens with one attached hydrogen (secondary N) is 1. The van der Waals surface area contributed by atoms with E-state index in [1.165, 1.54) is 9.13 Å². The molecule has 2 aromatic heterocycles. The molecule has 0 saturated heterocycles. The lowest BCUT2D eigenvalue weighted by Gasteiger charge is -2.11. The summed E-state index contributed by atoms with van der Waals surface area (Å²) in [5, 5.41) is 4.54. The van der Waals surface area contributed by atoms with Gasteiger partial charge in [0, 0.05) is 7.05 Å². The Hall–Kier alpha value is -4.92. The topological polar surface area (TPSA) is 95.4 Å². The highest BCUT2D eigenvalue weighted by molar-refractivity contribution is 5.99. The number of aromatic nitrogens is 4. The van der Waals surface area contributed by atoms with Gasteiger partial charge in [0.05, 0.1) is 25.9 Å². The largest absolute Gasteiger partial charge is 0.497 e. The van der Waals surface area contributed by atoms with Crippen LogP contribution in [-0.2, 0) is 20.1 Å². The summed E-state index contributed by atoms with van der Waals surface area (Å²) in [5.41, 5.74) is 6.29. The molecule has 0 unspecified atom stereocenters. The Bertz CT molecular complexity index is 1720. The number of hydrazone groups is 1. The molecule has 192 valence electrons. The Morgan fingerprint density at radius 2 is 1.45 bits per heavy atom. The summed E-state index contributed by atoms with van der Waals surface area (Å²) in [6.45, 7) is 2.41. The van der Waals surface area contributed by atoms with Crippen molar-refractivity contribution in [2.45, 2.75) is 20.0 Å². The summed E-state index contributed by atoms with van der Waals surface area (Å²) >= 11 is 0. The fourth-order valence-corrected chi connectivity index (χ4v) is 4.31. The molecule has 0 atom stereocenters. The molecular formula is C29H28N6O3. The van der Waals surface area contributed by atoms with Crippen molar-refractivity contribution in [3.05, 3.63) is 122 Å². The van der Waals surface area contributed by atoms with E-state index in [1.54, 1.807) is 18.7 Å². The molecule has 3 aromatic carbocycles. The quantitative estimate of drug-likeness (QED) is 0.254. The number of benzene rings is 3. The lowest BCUT2D eigenvalue weighted by molar-refractivity contribution is 0.415. The number of nitrogens with zero attached hydrogens (tertiary/aromatic N) is 5. The third kappa shape index (κ3) is 4.86. The fraction of sp³-hybridized carbons (Fsp3) is 0.172. The molecule has 0 radical (unpaired) electrons. The number of aryl methyl sites for hydroxylation is 1. The molecule has 0 saturated carbocycles. The molecule has 0 amide bonds. The van der Waals surface area contributed by atoms with Gasteiger partial charge in [-0.3, -0.25) is 18.5 Å². The second-order valence-corrected chi connectivity index (χ2v) is 8.94. The van der Waals surface area contributed by atoms with Crippen LogP contribution in [0.15, 0.2) is 99.6 Å². The minimum atomic E-state index is -0.430. The van der Waals surface area contributed by atoms with Crippen LogP contribution in [0.1, 0.15) is 23.6 Å². The Kier molecular flexibility index (Phi) is 6.90. The summed E-state index contributed by atoms with van der Waals surface area (Å²) in [7, 11) is 3.25.